The van der Waals surface area contributed by atoms with Crippen molar-refractivity contribution in [2.45, 2.75) is 64.0 Å². The third kappa shape index (κ3) is 8.75. The first-order valence-electron chi connectivity index (χ1n) is 13.2. The Balaban J connectivity index is 2.30. The number of urea groups is 1. The van der Waals surface area contributed by atoms with Gasteiger partial charge in [0.25, 0.3) is 0 Å². The summed E-state index contributed by atoms with van der Waals surface area (Å²) < 4.78 is 12.1. The molecule has 0 saturated carbocycles. The van der Waals surface area contributed by atoms with E-state index in [1.54, 1.807) is 13.2 Å². The number of hydrogen-bond donors (Lipinski definition) is 3. The van der Waals surface area contributed by atoms with Crippen molar-refractivity contribution in [3.8, 4) is 5.75 Å². The van der Waals surface area contributed by atoms with Crippen LogP contribution in [0, 0.1) is 11.8 Å². The SMILES string of the molecule is C=CCOc1c(Br)cccc1[C@](O)(CCCCOC)[C@@H]1CCCN(C(=O)NC(CNC)CC(C)C)C1. The second-order valence-electron chi connectivity index (χ2n) is 10.2. The molecule has 0 aliphatic carbocycles. The number of carbonyl (C=O) groups excluding carboxylic acids is 1. The highest BCUT2D eigenvalue weighted by Gasteiger charge is 2.43. The van der Waals surface area contributed by atoms with Gasteiger partial charge in [-0.1, -0.05) is 38.6 Å². The number of methoxy groups -OCH3 is 1. The molecule has 7 nitrogen and oxygen atoms in total. The number of nitrogens with one attached hydrogen (secondary N) is 2. The van der Waals surface area contributed by atoms with Crippen LogP contribution in [0.3, 0.4) is 0 Å². The molecule has 36 heavy (non-hydrogen) atoms. The molecule has 0 aromatic heterocycles. The Labute approximate surface area is 226 Å². The summed E-state index contributed by atoms with van der Waals surface area (Å²) in [5.41, 5.74) is -0.383. The third-order valence-corrected chi connectivity index (χ3v) is 7.48. The number of carbonyl (C=O) groups is 1. The lowest BCUT2D eigenvalue weighted by Crippen LogP contribution is -2.54. The molecule has 1 aliphatic heterocycles. The number of halogens is 1. The van der Waals surface area contributed by atoms with E-state index in [9.17, 15) is 9.90 Å². The van der Waals surface area contributed by atoms with Crippen LogP contribution in [-0.4, -0.2) is 69.1 Å². The van der Waals surface area contributed by atoms with Gasteiger partial charge in [0.15, 0.2) is 0 Å². The van der Waals surface area contributed by atoms with Crippen LogP contribution in [0.1, 0.15) is 57.9 Å². The number of likely N-dealkylation sites (N-methyl/N-ethyl adjacent to an activating group) is 1. The molecule has 204 valence electrons. The third-order valence-electron chi connectivity index (χ3n) is 6.85. The average Bonchev–Trinajstić information content (AvgIpc) is 2.85. The lowest BCUT2D eigenvalue weighted by atomic mass is 9.73. The highest BCUT2D eigenvalue weighted by atomic mass is 79.9. The number of hydrogen-bond acceptors (Lipinski definition) is 5. The number of benzene rings is 1. The van der Waals surface area contributed by atoms with Gasteiger partial charge in [-0.25, -0.2) is 4.79 Å². The van der Waals surface area contributed by atoms with Gasteiger partial charge in [-0.3, -0.25) is 0 Å². The maximum Gasteiger partial charge on any atom is 0.317 e. The topological polar surface area (TPSA) is 83.1 Å². The van der Waals surface area contributed by atoms with Crippen LogP contribution in [0.25, 0.3) is 0 Å². The van der Waals surface area contributed by atoms with Gasteiger partial charge >= 0.3 is 6.03 Å². The van der Waals surface area contributed by atoms with E-state index in [2.05, 4.69) is 47.0 Å². The van der Waals surface area contributed by atoms with Crippen LogP contribution in [0.5, 0.6) is 5.75 Å². The molecule has 0 radical (unpaired) electrons. The number of para-hydroxylation sites is 1. The molecule has 1 aromatic carbocycles. The number of unbranched alkanes of at least 4 members (excludes halogenated alkanes) is 1. The molecular formula is C28H46BrN3O4. The molecule has 1 saturated heterocycles. The zero-order valence-electron chi connectivity index (χ0n) is 22.5. The summed E-state index contributed by atoms with van der Waals surface area (Å²) >= 11 is 3.61. The fourth-order valence-corrected chi connectivity index (χ4v) is 5.65. The minimum Gasteiger partial charge on any atom is -0.488 e. The van der Waals surface area contributed by atoms with Crippen molar-refractivity contribution < 1.29 is 19.4 Å². The maximum absolute atomic E-state index is 13.3. The van der Waals surface area contributed by atoms with Gasteiger partial charge in [0.05, 0.1) is 10.1 Å². The predicted octanol–water partition coefficient (Wildman–Crippen LogP) is 5.07. The maximum atomic E-state index is 13.3. The molecule has 1 aromatic rings. The van der Waals surface area contributed by atoms with Crippen LogP contribution in [0.2, 0.25) is 0 Å². The molecule has 1 fully saturated rings. The molecule has 2 amide bonds. The minimum absolute atomic E-state index is 0.0558. The van der Waals surface area contributed by atoms with Crippen molar-refractivity contribution >= 4 is 22.0 Å². The van der Waals surface area contributed by atoms with E-state index in [1.807, 2.05) is 30.1 Å². The summed E-state index contributed by atoms with van der Waals surface area (Å²) in [5, 5.41) is 18.8. The number of likely N-dealkylation sites (tertiary alicyclic amines) is 1. The van der Waals surface area contributed by atoms with Crippen LogP contribution in [0.15, 0.2) is 35.3 Å². The zero-order valence-corrected chi connectivity index (χ0v) is 24.1. The smallest absolute Gasteiger partial charge is 0.317 e. The Kier molecular flexibility index (Phi) is 13.3. The largest absolute Gasteiger partial charge is 0.488 e. The predicted molar refractivity (Wildman–Crippen MR) is 149 cm³/mol. The standard InChI is InChI=1S/C28H46BrN3O4/c1-6-16-36-26-24(12-9-13-25(26)29)28(34,14-7-8-17-35-5)22-11-10-15-32(20-22)27(33)31-23(19-30-4)18-21(2)3/h6,9,12-13,21-23,30,34H,1,7-8,10-11,14-20H2,2-5H3,(H,31,33)/t22-,23?,28+/m1/s1. The Morgan fingerprint density at radius 1 is 1.39 bits per heavy atom. The van der Waals surface area contributed by atoms with Crippen molar-refractivity contribution in [3.63, 3.8) is 0 Å². The minimum atomic E-state index is -1.14. The molecule has 8 heteroatoms. The monoisotopic (exact) mass is 567 g/mol. The van der Waals surface area contributed by atoms with Gasteiger partial charge in [0, 0.05) is 50.9 Å². The molecule has 1 aliphatic rings. The van der Waals surface area contributed by atoms with E-state index in [0.717, 1.165) is 48.7 Å². The molecule has 1 heterocycles. The summed E-state index contributed by atoms with van der Waals surface area (Å²) in [4.78, 5) is 15.2. The van der Waals surface area contributed by atoms with Crippen LogP contribution < -0.4 is 15.4 Å². The second kappa shape index (κ2) is 15.6. The summed E-state index contributed by atoms with van der Waals surface area (Å²) in [6.45, 7) is 11.0. The molecule has 3 atom stereocenters. The van der Waals surface area contributed by atoms with Crippen LogP contribution >= 0.6 is 15.9 Å². The molecule has 0 spiro atoms. The Morgan fingerprint density at radius 2 is 2.17 bits per heavy atom. The number of piperidine rings is 1. The van der Waals surface area contributed by atoms with E-state index in [0.29, 0.717) is 44.4 Å². The highest BCUT2D eigenvalue weighted by molar-refractivity contribution is 9.10. The van der Waals surface area contributed by atoms with E-state index in [1.165, 1.54) is 0 Å². The van der Waals surface area contributed by atoms with Gasteiger partial charge < -0.3 is 30.1 Å². The number of aliphatic hydroxyl groups is 1. The molecular weight excluding hydrogens is 522 g/mol. The average molecular weight is 569 g/mol. The summed E-state index contributed by atoms with van der Waals surface area (Å²) in [5.74, 6) is 1.01. The lowest BCUT2D eigenvalue weighted by molar-refractivity contribution is -0.0579. The first-order chi connectivity index (χ1) is 17.3. The first-order valence-corrected chi connectivity index (χ1v) is 14.0. The molecule has 3 N–H and O–H groups in total. The van der Waals surface area contributed by atoms with Crippen molar-refractivity contribution in [1.29, 1.82) is 0 Å². The fraction of sp³-hybridized carbons (Fsp3) is 0.679. The summed E-state index contributed by atoms with van der Waals surface area (Å²) in [7, 11) is 3.60. The normalized spacial score (nSPS) is 18.5. The molecule has 2 rings (SSSR count). The zero-order chi connectivity index (χ0) is 26.6. The van der Waals surface area contributed by atoms with Gasteiger partial charge in [-0.05, 0) is 73.5 Å². The number of nitrogens with zero attached hydrogens (tertiary/aromatic N) is 1. The molecule has 1 unspecified atom stereocenters. The van der Waals surface area contributed by atoms with Crippen molar-refractivity contribution in [3.05, 3.63) is 40.9 Å². The quantitative estimate of drug-likeness (QED) is 0.203. The Morgan fingerprint density at radius 3 is 2.83 bits per heavy atom. The van der Waals surface area contributed by atoms with Crippen LogP contribution in [-0.2, 0) is 10.3 Å². The van der Waals surface area contributed by atoms with Gasteiger partial charge in [-0.2, -0.15) is 0 Å². The van der Waals surface area contributed by atoms with Crippen molar-refractivity contribution in [2.75, 3.05) is 47.0 Å². The van der Waals surface area contributed by atoms with E-state index >= 15 is 0 Å². The number of amides is 2. The highest BCUT2D eigenvalue weighted by Crippen LogP contribution is 2.45. The van der Waals surface area contributed by atoms with Crippen LogP contribution in [0.4, 0.5) is 4.79 Å². The second-order valence-corrected chi connectivity index (χ2v) is 11.1. The van der Waals surface area contributed by atoms with E-state index in [-0.39, 0.29) is 18.0 Å². The Hall–Kier alpha value is -1.61. The van der Waals surface area contributed by atoms with Crippen molar-refractivity contribution in [1.82, 2.24) is 15.5 Å². The van der Waals surface area contributed by atoms with Gasteiger partial charge in [0.2, 0.25) is 0 Å². The molecule has 0 bridgehead atoms. The van der Waals surface area contributed by atoms with Gasteiger partial charge in [-0.15, -0.1) is 0 Å². The van der Waals surface area contributed by atoms with Gasteiger partial charge in [0.1, 0.15) is 12.4 Å². The number of rotatable bonds is 15. The van der Waals surface area contributed by atoms with E-state index in [4.69, 9.17) is 9.47 Å². The van der Waals surface area contributed by atoms with Crippen molar-refractivity contribution in [2.24, 2.45) is 11.8 Å². The lowest BCUT2D eigenvalue weighted by Gasteiger charge is -2.43. The summed E-state index contributed by atoms with van der Waals surface area (Å²) in [6.07, 6.45) is 6.52. The summed E-state index contributed by atoms with van der Waals surface area (Å²) in [6, 6.07) is 5.82. The Bertz CT molecular complexity index is 822. The first kappa shape index (κ1) is 30.6. The number of ether oxygens (including phenoxy) is 2. The fourth-order valence-electron chi connectivity index (χ4n) is 5.16. The van der Waals surface area contributed by atoms with E-state index < -0.39 is 5.60 Å².